The molecule has 0 saturated carbocycles. The number of nitrogens with one attached hydrogen (secondary N) is 2. The zero-order valence-electron chi connectivity index (χ0n) is 11.0. The van der Waals surface area contributed by atoms with E-state index in [1.807, 2.05) is 26.0 Å². The first-order valence-corrected chi connectivity index (χ1v) is 6.96. The molecule has 2 aliphatic heterocycles. The number of nitrogens with zero attached hydrogens (tertiary/aromatic N) is 2. The summed E-state index contributed by atoms with van der Waals surface area (Å²) in [4.78, 5) is 14.9. The van der Waals surface area contributed by atoms with Crippen LogP contribution in [-0.4, -0.2) is 11.5 Å². The summed E-state index contributed by atoms with van der Waals surface area (Å²) in [6.45, 7) is 4.77. The van der Waals surface area contributed by atoms with Crippen molar-refractivity contribution < 1.29 is 4.92 Å². The molecular weight excluding hydrogens is 324 g/mol. The molecule has 6 nitrogen and oxygen atoms in total. The second kappa shape index (κ2) is 4.31. The first-order chi connectivity index (χ1) is 9.40. The molecule has 2 aliphatic rings. The second-order valence-electron chi connectivity index (χ2n) is 5.45. The van der Waals surface area contributed by atoms with Crippen molar-refractivity contribution in [3.63, 3.8) is 0 Å². The lowest BCUT2D eigenvalue weighted by Gasteiger charge is -2.31. The van der Waals surface area contributed by atoms with Crippen molar-refractivity contribution in [2.45, 2.75) is 13.8 Å². The van der Waals surface area contributed by atoms with E-state index in [9.17, 15) is 10.1 Å². The van der Waals surface area contributed by atoms with Crippen LogP contribution in [0.1, 0.15) is 13.8 Å². The van der Waals surface area contributed by atoms with Gasteiger partial charge >= 0.3 is 5.82 Å². The van der Waals surface area contributed by atoms with Crippen molar-refractivity contribution >= 4 is 27.3 Å². The van der Waals surface area contributed by atoms with Gasteiger partial charge in [0, 0.05) is 16.4 Å². The number of hydrogen-bond acceptors (Lipinski definition) is 5. The molecule has 3 rings (SSSR count). The van der Waals surface area contributed by atoms with E-state index in [4.69, 9.17) is 0 Å². The Morgan fingerprint density at radius 1 is 1.45 bits per heavy atom. The predicted molar refractivity (Wildman–Crippen MR) is 78.8 cm³/mol. The summed E-state index contributed by atoms with van der Waals surface area (Å²) in [5.41, 5.74) is 1.50. The molecule has 1 aromatic rings. The van der Waals surface area contributed by atoms with Gasteiger partial charge in [-0.2, -0.15) is 0 Å². The molecule has 0 atom stereocenters. The van der Waals surface area contributed by atoms with Gasteiger partial charge < -0.3 is 15.4 Å². The van der Waals surface area contributed by atoms with Gasteiger partial charge in [-0.05, 0) is 33.0 Å². The third kappa shape index (κ3) is 1.89. The van der Waals surface area contributed by atoms with E-state index in [0.29, 0.717) is 6.54 Å². The molecule has 0 radical (unpaired) electrons. The molecule has 0 bridgehead atoms. The molecule has 0 aliphatic carbocycles. The SMILES string of the molecule is CC1(C)CNc2c(Br)ccc3c2=C1NC([N+](=O)[O-])=CN=3. The van der Waals surface area contributed by atoms with Crippen LogP contribution in [0.5, 0.6) is 0 Å². The van der Waals surface area contributed by atoms with Gasteiger partial charge in [-0.1, -0.05) is 13.8 Å². The van der Waals surface area contributed by atoms with Crippen LogP contribution in [0, 0.1) is 15.5 Å². The molecule has 0 spiro atoms. The van der Waals surface area contributed by atoms with E-state index in [1.165, 1.54) is 6.20 Å². The Kier molecular flexibility index (Phi) is 2.82. The number of rotatable bonds is 1. The van der Waals surface area contributed by atoms with Gasteiger partial charge in [0.25, 0.3) is 0 Å². The lowest BCUT2D eigenvalue weighted by atomic mass is 9.84. The summed E-state index contributed by atoms with van der Waals surface area (Å²) < 4.78 is 0.922. The molecule has 0 aromatic heterocycles. The minimum atomic E-state index is -0.449. The van der Waals surface area contributed by atoms with Crippen molar-refractivity contribution in [2.24, 2.45) is 10.4 Å². The lowest BCUT2D eigenvalue weighted by molar-refractivity contribution is -0.430. The average Bonchev–Trinajstić information content (AvgIpc) is 2.57. The van der Waals surface area contributed by atoms with Crippen LogP contribution in [0.4, 0.5) is 5.69 Å². The fraction of sp³-hybridized carbons (Fsp3) is 0.308. The largest absolute Gasteiger partial charge is 0.382 e. The van der Waals surface area contributed by atoms with Crippen molar-refractivity contribution in [2.75, 3.05) is 11.9 Å². The first kappa shape index (κ1) is 13.1. The number of halogens is 1. The lowest BCUT2D eigenvalue weighted by Crippen LogP contribution is -2.46. The Hall–Kier alpha value is -1.89. The number of hydrogen-bond donors (Lipinski definition) is 2. The highest BCUT2D eigenvalue weighted by molar-refractivity contribution is 9.10. The third-order valence-corrected chi connectivity index (χ3v) is 4.20. The van der Waals surface area contributed by atoms with Gasteiger partial charge in [0.2, 0.25) is 0 Å². The molecule has 0 saturated heterocycles. The minimum Gasteiger partial charge on any atom is -0.382 e. The maximum Gasteiger partial charge on any atom is 0.339 e. The van der Waals surface area contributed by atoms with Gasteiger partial charge in [-0.25, -0.2) is 10.3 Å². The van der Waals surface area contributed by atoms with Crippen LogP contribution in [-0.2, 0) is 0 Å². The van der Waals surface area contributed by atoms with Crippen LogP contribution in [0.25, 0.3) is 5.70 Å². The average molecular weight is 337 g/mol. The Morgan fingerprint density at radius 2 is 2.20 bits per heavy atom. The maximum absolute atomic E-state index is 11.1. The number of benzene rings is 1. The maximum atomic E-state index is 11.1. The van der Waals surface area contributed by atoms with Gasteiger partial charge in [-0.3, -0.25) is 0 Å². The molecule has 0 amide bonds. The molecule has 1 aromatic carbocycles. The molecule has 2 N–H and O–H groups in total. The first-order valence-electron chi connectivity index (χ1n) is 6.17. The highest BCUT2D eigenvalue weighted by Crippen LogP contribution is 2.31. The van der Waals surface area contributed by atoms with Gasteiger partial charge in [-0.15, -0.1) is 0 Å². The molecule has 104 valence electrons. The zero-order chi connectivity index (χ0) is 14.5. The minimum absolute atomic E-state index is 0.103. The molecular formula is C13H13BrN4O2. The van der Waals surface area contributed by atoms with E-state index in [0.717, 1.165) is 26.4 Å². The van der Waals surface area contributed by atoms with Gasteiger partial charge in [0.05, 0.1) is 16.3 Å². The summed E-state index contributed by atoms with van der Waals surface area (Å²) in [6, 6.07) is 3.75. The Labute approximate surface area is 123 Å². The fourth-order valence-corrected chi connectivity index (χ4v) is 2.92. The highest BCUT2D eigenvalue weighted by atomic mass is 79.9. The molecule has 7 heteroatoms. The summed E-state index contributed by atoms with van der Waals surface area (Å²) in [7, 11) is 0. The smallest absolute Gasteiger partial charge is 0.339 e. The molecule has 0 fully saturated rings. The monoisotopic (exact) mass is 336 g/mol. The van der Waals surface area contributed by atoms with Gasteiger partial charge in [0.15, 0.2) is 0 Å². The summed E-state index contributed by atoms with van der Waals surface area (Å²) in [6.07, 6.45) is 1.27. The molecule has 20 heavy (non-hydrogen) atoms. The number of anilines is 1. The van der Waals surface area contributed by atoms with Crippen LogP contribution in [0.15, 0.2) is 33.6 Å². The van der Waals surface area contributed by atoms with E-state index >= 15 is 0 Å². The standard InChI is InChI=1S/C13H13BrN4O2/c1-13(2)6-16-11-7(14)3-4-8-10(11)12(13)17-9(5-15-8)18(19)20/h3-5,16-17H,6H2,1-2H3. The quantitative estimate of drug-likeness (QED) is 0.598. The fourth-order valence-electron chi connectivity index (χ4n) is 2.45. The molecule has 2 heterocycles. The second-order valence-corrected chi connectivity index (χ2v) is 6.31. The van der Waals surface area contributed by atoms with E-state index in [1.54, 1.807) is 0 Å². The van der Waals surface area contributed by atoms with Gasteiger partial charge in [0.1, 0.15) is 11.9 Å². The summed E-state index contributed by atoms with van der Waals surface area (Å²) >= 11 is 3.51. The summed E-state index contributed by atoms with van der Waals surface area (Å²) in [5.74, 6) is -0.103. The van der Waals surface area contributed by atoms with Crippen molar-refractivity contribution in [1.29, 1.82) is 0 Å². The van der Waals surface area contributed by atoms with Crippen LogP contribution >= 0.6 is 15.9 Å². The van der Waals surface area contributed by atoms with E-state index < -0.39 is 4.92 Å². The summed E-state index contributed by atoms with van der Waals surface area (Å²) in [5, 5.41) is 19.0. The highest BCUT2D eigenvalue weighted by Gasteiger charge is 2.35. The van der Waals surface area contributed by atoms with Crippen molar-refractivity contribution in [3.05, 3.63) is 49.3 Å². The van der Waals surface area contributed by atoms with E-state index in [-0.39, 0.29) is 11.2 Å². The Bertz CT molecular complexity index is 767. The molecule has 0 unspecified atom stereocenters. The zero-order valence-corrected chi connectivity index (χ0v) is 12.6. The normalized spacial score (nSPS) is 18.8. The predicted octanol–water partition coefficient (Wildman–Crippen LogP) is 1.31. The van der Waals surface area contributed by atoms with Crippen LogP contribution in [0.3, 0.4) is 0 Å². The van der Waals surface area contributed by atoms with Crippen molar-refractivity contribution in [3.8, 4) is 0 Å². The van der Waals surface area contributed by atoms with Crippen molar-refractivity contribution in [1.82, 2.24) is 5.32 Å². The number of nitro groups is 1. The van der Waals surface area contributed by atoms with E-state index in [2.05, 4.69) is 31.6 Å². The van der Waals surface area contributed by atoms with Crippen LogP contribution < -0.4 is 21.2 Å². The van der Waals surface area contributed by atoms with Crippen LogP contribution in [0.2, 0.25) is 0 Å². The third-order valence-electron chi connectivity index (χ3n) is 3.54. The Morgan fingerprint density at radius 3 is 2.90 bits per heavy atom. The Balaban J connectivity index is 2.41. The topological polar surface area (TPSA) is 79.6 Å².